The molecule has 0 radical (unpaired) electrons. The maximum Gasteiger partial charge on any atom is 0.226 e. The molecule has 2 amide bonds. The normalized spacial score (nSPS) is 27.8. The molecule has 6 nitrogen and oxygen atoms in total. The summed E-state index contributed by atoms with van der Waals surface area (Å²) in [7, 11) is 0. The van der Waals surface area contributed by atoms with Crippen LogP contribution in [0.3, 0.4) is 0 Å². The molecule has 0 unspecified atom stereocenters. The third-order valence-electron chi connectivity index (χ3n) is 4.10. The summed E-state index contributed by atoms with van der Waals surface area (Å²) in [5.74, 6) is -2.71. The molecule has 0 aromatic rings. The fourth-order valence-corrected chi connectivity index (χ4v) is 3.01. The minimum atomic E-state index is -0.469. The number of Topliss-reactive ketones (excluding diaryl/α,β-unsaturated/α-hetero) is 2. The molecular formula is C15H19NO5. The number of hydrogen-bond donors (Lipinski definition) is 2. The Hall–Kier alpha value is -1.98. The first-order valence-electron chi connectivity index (χ1n) is 7.12. The number of amides is 2. The van der Waals surface area contributed by atoms with Gasteiger partial charge in [0, 0.05) is 31.1 Å². The zero-order valence-electron chi connectivity index (χ0n) is 12.1. The SMILES string of the molecule is C[C@@H]1C[C@H](C)C(=O)C(C(=O)CC2CC(=O)NC(=O)C2)=C1O. The lowest BCUT2D eigenvalue weighted by Crippen LogP contribution is -2.39. The van der Waals surface area contributed by atoms with Crippen molar-refractivity contribution < 1.29 is 24.3 Å². The van der Waals surface area contributed by atoms with E-state index in [-0.39, 0.29) is 48.2 Å². The molecule has 2 rings (SSSR count). The van der Waals surface area contributed by atoms with Crippen molar-refractivity contribution in [2.24, 2.45) is 17.8 Å². The number of aliphatic hydroxyl groups is 1. The predicted molar refractivity (Wildman–Crippen MR) is 73.1 cm³/mol. The monoisotopic (exact) mass is 293 g/mol. The van der Waals surface area contributed by atoms with Crippen LogP contribution in [0, 0.1) is 17.8 Å². The Bertz CT molecular complexity index is 532. The summed E-state index contributed by atoms with van der Waals surface area (Å²) in [6.07, 6.45) is 0.630. The van der Waals surface area contributed by atoms with Gasteiger partial charge in [-0.15, -0.1) is 0 Å². The zero-order chi connectivity index (χ0) is 15.7. The van der Waals surface area contributed by atoms with Crippen molar-refractivity contribution in [3.05, 3.63) is 11.3 Å². The molecule has 1 fully saturated rings. The van der Waals surface area contributed by atoms with E-state index in [4.69, 9.17) is 0 Å². The Morgan fingerprint density at radius 1 is 1.14 bits per heavy atom. The average molecular weight is 293 g/mol. The highest BCUT2D eigenvalue weighted by molar-refractivity contribution is 6.21. The van der Waals surface area contributed by atoms with Crippen LogP contribution in [0.25, 0.3) is 0 Å². The number of piperidine rings is 1. The van der Waals surface area contributed by atoms with Gasteiger partial charge in [0.25, 0.3) is 0 Å². The Labute approximate surface area is 122 Å². The van der Waals surface area contributed by atoms with Gasteiger partial charge in [-0.3, -0.25) is 24.5 Å². The molecule has 6 heteroatoms. The number of imide groups is 1. The zero-order valence-corrected chi connectivity index (χ0v) is 12.1. The van der Waals surface area contributed by atoms with Crippen molar-refractivity contribution in [1.82, 2.24) is 5.32 Å². The van der Waals surface area contributed by atoms with Crippen LogP contribution in [0.5, 0.6) is 0 Å². The molecule has 0 aromatic carbocycles. The summed E-state index contributed by atoms with van der Waals surface area (Å²) in [5, 5.41) is 12.2. The van der Waals surface area contributed by atoms with E-state index < -0.39 is 23.5 Å². The minimum absolute atomic E-state index is 0.0657. The van der Waals surface area contributed by atoms with Gasteiger partial charge in [0.05, 0.1) is 5.57 Å². The molecule has 0 spiro atoms. The van der Waals surface area contributed by atoms with Crippen LogP contribution in [0.15, 0.2) is 11.3 Å². The van der Waals surface area contributed by atoms with E-state index >= 15 is 0 Å². The third kappa shape index (κ3) is 3.20. The molecule has 1 aliphatic heterocycles. The van der Waals surface area contributed by atoms with E-state index in [1.165, 1.54) is 0 Å². The summed E-state index contributed by atoms with van der Waals surface area (Å²) in [5.41, 5.74) is -0.139. The average Bonchev–Trinajstić information content (AvgIpc) is 2.35. The number of carbonyl (C=O) groups is 4. The summed E-state index contributed by atoms with van der Waals surface area (Å²) < 4.78 is 0. The van der Waals surface area contributed by atoms with Crippen LogP contribution in [-0.4, -0.2) is 28.5 Å². The highest BCUT2D eigenvalue weighted by Crippen LogP contribution is 2.32. The lowest BCUT2D eigenvalue weighted by molar-refractivity contribution is -0.135. The summed E-state index contributed by atoms with van der Waals surface area (Å²) in [4.78, 5) is 47.0. The predicted octanol–water partition coefficient (Wildman–Crippen LogP) is 1.06. The highest BCUT2D eigenvalue weighted by Gasteiger charge is 2.36. The number of ketones is 2. The van der Waals surface area contributed by atoms with Crippen molar-refractivity contribution in [2.45, 2.75) is 39.5 Å². The largest absolute Gasteiger partial charge is 0.511 e. The van der Waals surface area contributed by atoms with Gasteiger partial charge in [0.15, 0.2) is 11.6 Å². The van der Waals surface area contributed by atoms with E-state index in [0.29, 0.717) is 6.42 Å². The van der Waals surface area contributed by atoms with Crippen molar-refractivity contribution >= 4 is 23.4 Å². The first-order chi connectivity index (χ1) is 9.79. The molecule has 2 aliphatic rings. The second-order valence-corrected chi connectivity index (χ2v) is 6.04. The van der Waals surface area contributed by atoms with E-state index in [2.05, 4.69) is 5.32 Å². The van der Waals surface area contributed by atoms with Crippen molar-refractivity contribution in [2.75, 3.05) is 0 Å². The van der Waals surface area contributed by atoms with Gasteiger partial charge >= 0.3 is 0 Å². The molecule has 2 atom stereocenters. The van der Waals surface area contributed by atoms with Gasteiger partial charge in [-0.2, -0.15) is 0 Å². The smallest absolute Gasteiger partial charge is 0.226 e. The number of nitrogens with one attached hydrogen (secondary N) is 1. The van der Waals surface area contributed by atoms with Crippen LogP contribution < -0.4 is 5.32 Å². The van der Waals surface area contributed by atoms with Gasteiger partial charge in [-0.25, -0.2) is 0 Å². The lowest BCUT2D eigenvalue weighted by Gasteiger charge is -2.26. The van der Waals surface area contributed by atoms with Crippen LogP contribution in [-0.2, 0) is 19.2 Å². The Balaban J connectivity index is 2.15. The van der Waals surface area contributed by atoms with Crippen molar-refractivity contribution in [3.8, 4) is 0 Å². The Kier molecular flexibility index (Phi) is 4.25. The molecule has 1 heterocycles. The van der Waals surface area contributed by atoms with Gasteiger partial charge < -0.3 is 5.11 Å². The first kappa shape index (κ1) is 15.4. The molecule has 114 valence electrons. The van der Waals surface area contributed by atoms with Crippen molar-refractivity contribution in [3.63, 3.8) is 0 Å². The minimum Gasteiger partial charge on any atom is -0.511 e. The van der Waals surface area contributed by atoms with Crippen LogP contribution in [0.4, 0.5) is 0 Å². The summed E-state index contributed by atoms with van der Waals surface area (Å²) in [6.45, 7) is 3.50. The van der Waals surface area contributed by atoms with E-state index in [9.17, 15) is 24.3 Å². The van der Waals surface area contributed by atoms with E-state index in [1.807, 2.05) is 0 Å². The molecule has 1 aliphatic carbocycles. The molecular weight excluding hydrogens is 274 g/mol. The number of carbonyl (C=O) groups excluding carboxylic acids is 4. The molecule has 0 bridgehead atoms. The standard InChI is InChI=1S/C15H19NO5/c1-7-3-8(2)15(21)13(14(7)20)10(17)4-9-5-11(18)16-12(19)6-9/h7-9,20H,3-6H2,1-2H3,(H,16,18,19)/t7-,8+/m1/s1. The second-order valence-electron chi connectivity index (χ2n) is 6.04. The Morgan fingerprint density at radius 2 is 1.71 bits per heavy atom. The number of allylic oxidation sites excluding steroid dienone is 2. The maximum absolute atomic E-state index is 12.3. The van der Waals surface area contributed by atoms with Gasteiger partial charge in [-0.05, 0) is 12.3 Å². The van der Waals surface area contributed by atoms with Gasteiger partial charge in [0.2, 0.25) is 11.8 Å². The fraction of sp³-hybridized carbons (Fsp3) is 0.600. The van der Waals surface area contributed by atoms with Gasteiger partial charge in [0.1, 0.15) is 5.76 Å². The van der Waals surface area contributed by atoms with Gasteiger partial charge in [-0.1, -0.05) is 13.8 Å². The fourth-order valence-electron chi connectivity index (χ4n) is 3.01. The van der Waals surface area contributed by atoms with Crippen LogP contribution >= 0.6 is 0 Å². The first-order valence-corrected chi connectivity index (χ1v) is 7.12. The summed E-state index contributed by atoms with van der Waals surface area (Å²) in [6, 6.07) is 0. The number of hydrogen-bond acceptors (Lipinski definition) is 5. The van der Waals surface area contributed by atoms with E-state index in [1.54, 1.807) is 13.8 Å². The maximum atomic E-state index is 12.3. The van der Waals surface area contributed by atoms with E-state index in [0.717, 1.165) is 0 Å². The number of rotatable bonds is 3. The molecule has 1 saturated heterocycles. The second kappa shape index (κ2) is 5.79. The van der Waals surface area contributed by atoms with Crippen LogP contribution in [0.1, 0.15) is 39.5 Å². The topological polar surface area (TPSA) is 101 Å². The molecule has 21 heavy (non-hydrogen) atoms. The summed E-state index contributed by atoms with van der Waals surface area (Å²) >= 11 is 0. The quantitative estimate of drug-likeness (QED) is 0.598. The molecule has 0 aromatic heterocycles. The highest BCUT2D eigenvalue weighted by atomic mass is 16.3. The number of aliphatic hydroxyl groups excluding tert-OH is 1. The Morgan fingerprint density at radius 3 is 2.29 bits per heavy atom. The van der Waals surface area contributed by atoms with Crippen LogP contribution in [0.2, 0.25) is 0 Å². The lowest BCUT2D eigenvalue weighted by atomic mass is 9.78. The molecule has 2 N–H and O–H groups in total. The molecule has 0 saturated carbocycles. The van der Waals surface area contributed by atoms with Crippen molar-refractivity contribution in [1.29, 1.82) is 0 Å². The third-order valence-corrected chi connectivity index (χ3v) is 4.10.